The van der Waals surface area contributed by atoms with Crippen molar-refractivity contribution in [1.29, 1.82) is 0 Å². The normalized spacial score (nSPS) is 11.6. The molecule has 3 rings (SSSR count). The molecule has 0 saturated heterocycles. The molecule has 3 aromatic rings. The van der Waals surface area contributed by atoms with E-state index in [1.165, 1.54) is 24.4 Å². The van der Waals surface area contributed by atoms with Gasteiger partial charge >= 0.3 is 0 Å². The van der Waals surface area contributed by atoms with Crippen LogP contribution in [0.1, 0.15) is 17.0 Å². The van der Waals surface area contributed by atoms with Crippen LogP contribution in [0.25, 0.3) is 5.69 Å². The van der Waals surface area contributed by atoms with Crippen LogP contribution in [0.4, 0.5) is 11.4 Å². The Balaban J connectivity index is 1.78. The van der Waals surface area contributed by atoms with Crippen molar-refractivity contribution in [3.8, 4) is 5.69 Å². The number of hydrogen-bond donors (Lipinski definition) is 1. The molecule has 0 atom stereocenters. The second-order valence-electron chi connectivity index (χ2n) is 7.63. The van der Waals surface area contributed by atoms with Gasteiger partial charge in [0.15, 0.2) is 0 Å². The topological polar surface area (TPSA) is 127 Å². The highest BCUT2D eigenvalue weighted by Gasteiger charge is 2.22. The van der Waals surface area contributed by atoms with Crippen LogP contribution in [0.15, 0.2) is 53.6 Å². The van der Waals surface area contributed by atoms with Crippen LogP contribution in [-0.4, -0.2) is 42.8 Å². The molecule has 0 saturated carbocycles. The van der Waals surface area contributed by atoms with Crippen LogP contribution in [0.5, 0.6) is 0 Å². The molecule has 0 aliphatic rings. The number of nitro groups is 1. The molecule has 0 radical (unpaired) electrons. The summed E-state index contributed by atoms with van der Waals surface area (Å²) in [5.74, 6) is -0.728. The number of amides is 1. The van der Waals surface area contributed by atoms with E-state index in [4.69, 9.17) is 23.2 Å². The molecule has 0 bridgehead atoms. The molecule has 184 valence electrons. The lowest BCUT2D eigenvalue weighted by molar-refractivity contribution is -0.384. The third-order valence-corrected chi connectivity index (χ3v) is 6.56. The quantitative estimate of drug-likeness (QED) is 0.261. The zero-order valence-corrected chi connectivity index (χ0v) is 21.2. The van der Waals surface area contributed by atoms with Gasteiger partial charge in [0.25, 0.3) is 11.6 Å². The van der Waals surface area contributed by atoms with Crippen molar-refractivity contribution in [3.63, 3.8) is 0 Å². The van der Waals surface area contributed by atoms with Crippen LogP contribution in [0.2, 0.25) is 10.0 Å². The lowest BCUT2D eigenvalue weighted by Crippen LogP contribution is -2.39. The molecule has 0 spiro atoms. The fraction of sp³-hybridized carbons (Fsp3) is 0.182. The first-order chi connectivity index (χ1) is 16.4. The fourth-order valence-corrected chi connectivity index (χ4v) is 4.85. The van der Waals surface area contributed by atoms with Gasteiger partial charge in [0.2, 0.25) is 10.0 Å². The number of hydrogen-bond acceptors (Lipinski definition) is 6. The summed E-state index contributed by atoms with van der Waals surface area (Å²) in [5.41, 5.74) is 5.15. The zero-order chi connectivity index (χ0) is 25.9. The third kappa shape index (κ3) is 6.38. The van der Waals surface area contributed by atoms with Crippen LogP contribution in [0, 0.1) is 24.0 Å². The van der Waals surface area contributed by atoms with Gasteiger partial charge in [-0.25, -0.2) is 13.8 Å². The van der Waals surface area contributed by atoms with Crippen molar-refractivity contribution in [2.75, 3.05) is 17.1 Å². The van der Waals surface area contributed by atoms with Gasteiger partial charge in [-0.1, -0.05) is 29.3 Å². The Morgan fingerprint density at radius 1 is 1.17 bits per heavy atom. The largest absolute Gasteiger partial charge is 0.318 e. The highest BCUT2D eigenvalue weighted by atomic mass is 35.5. The Kier molecular flexibility index (Phi) is 7.83. The average Bonchev–Trinajstić information content (AvgIpc) is 3.03. The number of benzene rings is 2. The number of carbonyl (C=O) groups is 1. The zero-order valence-electron chi connectivity index (χ0n) is 18.9. The smallest absolute Gasteiger partial charge is 0.271 e. The molecule has 1 amide bonds. The van der Waals surface area contributed by atoms with Gasteiger partial charge in [-0.05, 0) is 44.2 Å². The number of halogens is 2. The van der Waals surface area contributed by atoms with Gasteiger partial charge in [0, 0.05) is 44.8 Å². The first-order valence-corrected chi connectivity index (χ1v) is 12.7. The average molecular weight is 538 g/mol. The molecule has 1 N–H and O–H groups in total. The van der Waals surface area contributed by atoms with E-state index in [0.717, 1.165) is 33.7 Å². The number of aromatic nitrogens is 1. The highest BCUT2D eigenvalue weighted by molar-refractivity contribution is 7.92. The number of nitrogens with one attached hydrogen (secondary N) is 1. The molecule has 1 aromatic heterocycles. The van der Waals surface area contributed by atoms with Crippen molar-refractivity contribution >= 4 is 56.7 Å². The minimum Gasteiger partial charge on any atom is -0.318 e. The Hall–Kier alpha value is -3.41. The van der Waals surface area contributed by atoms with E-state index in [1.807, 2.05) is 24.5 Å². The van der Waals surface area contributed by atoms with Gasteiger partial charge in [0.05, 0.1) is 23.1 Å². The molecule has 13 heteroatoms. The predicted molar refractivity (Wildman–Crippen MR) is 136 cm³/mol. The maximum Gasteiger partial charge on any atom is 0.271 e. The van der Waals surface area contributed by atoms with Crippen LogP contribution < -0.4 is 9.73 Å². The van der Waals surface area contributed by atoms with E-state index in [9.17, 15) is 23.3 Å². The van der Waals surface area contributed by atoms with E-state index in [1.54, 1.807) is 18.2 Å². The maximum absolute atomic E-state index is 12.4. The van der Waals surface area contributed by atoms with Crippen molar-refractivity contribution < 1.29 is 18.1 Å². The molecule has 0 fully saturated rings. The van der Waals surface area contributed by atoms with Gasteiger partial charge in [0.1, 0.15) is 6.54 Å². The molecule has 35 heavy (non-hydrogen) atoms. The molecular weight excluding hydrogens is 517 g/mol. The van der Waals surface area contributed by atoms with Crippen molar-refractivity contribution in [1.82, 2.24) is 9.99 Å². The van der Waals surface area contributed by atoms with Crippen molar-refractivity contribution in [2.45, 2.75) is 13.8 Å². The first kappa shape index (κ1) is 26.2. The second kappa shape index (κ2) is 10.5. The van der Waals surface area contributed by atoms with Crippen molar-refractivity contribution in [2.24, 2.45) is 5.10 Å². The van der Waals surface area contributed by atoms with Crippen LogP contribution >= 0.6 is 23.2 Å². The summed E-state index contributed by atoms with van der Waals surface area (Å²) in [6, 6.07) is 12.0. The minimum atomic E-state index is -3.91. The number of non-ortho nitro benzene ring substituents is 1. The summed E-state index contributed by atoms with van der Waals surface area (Å²) in [6.45, 7) is 3.14. The van der Waals surface area contributed by atoms with Crippen LogP contribution in [-0.2, 0) is 14.8 Å². The van der Waals surface area contributed by atoms with Gasteiger partial charge in [-0.15, -0.1) is 0 Å². The molecule has 0 aliphatic carbocycles. The molecule has 10 nitrogen and oxygen atoms in total. The van der Waals surface area contributed by atoms with E-state index >= 15 is 0 Å². The number of nitrogens with zero attached hydrogens (tertiary/aromatic N) is 4. The van der Waals surface area contributed by atoms with E-state index < -0.39 is 27.4 Å². The summed E-state index contributed by atoms with van der Waals surface area (Å²) in [5, 5.41) is 15.9. The molecule has 2 aromatic carbocycles. The van der Waals surface area contributed by atoms with Crippen molar-refractivity contribution in [3.05, 3.63) is 85.6 Å². The SMILES string of the molecule is Cc1cc(/C=N\NC(=O)CN(c2cccc([N+](=O)[O-])c2)S(C)(=O)=O)c(C)n1-c1cc(Cl)cc(Cl)c1. The lowest BCUT2D eigenvalue weighted by Gasteiger charge is -2.21. The summed E-state index contributed by atoms with van der Waals surface area (Å²) < 4.78 is 27.1. The fourth-order valence-electron chi connectivity index (χ4n) is 3.49. The third-order valence-electron chi connectivity index (χ3n) is 4.98. The van der Waals surface area contributed by atoms with Gasteiger partial charge < -0.3 is 4.57 Å². The molecule has 0 unspecified atom stereocenters. The molecule has 0 aliphatic heterocycles. The predicted octanol–water partition coefficient (Wildman–Crippen LogP) is 4.23. The Labute approximate surface area is 212 Å². The first-order valence-electron chi connectivity index (χ1n) is 10.1. The summed E-state index contributed by atoms with van der Waals surface area (Å²) in [4.78, 5) is 22.8. The number of carbonyl (C=O) groups excluding carboxylic acids is 1. The Bertz CT molecular complexity index is 1420. The molecular formula is C22H21Cl2N5O5S. The van der Waals surface area contributed by atoms with Crippen LogP contribution in [0.3, 0.4) is 0 Å². The highest BCUT2D eigenvalue weighted by Crippen LogP contribution is 2.26. The molecule has 1 heterocycles. The summed E-state index contributed by atoms with van der Waals surface area (Å²) >= 11 is 12.2. The van der Waals surface area contributed by atoms with Gasteiger partial charge in [-0.3, -0.25) is 19.2 Å². The summed E-state index contributed by atoms with van der Waals surface area (Å²) in [6.07, 6.45) is 2.33. The Morgan fingerprint density at radius 2 is 1.83 bits per heavy atom. The maximum atomic E-state index is 12.4. The standard InChI is InChI=1S/C22H21Cl2N5O5S/c1-14-7-16(15(2)28(14)21-9-17(23)8-18(24)10-21)12-25-26-22(30)13-27(35(3,33)34)19-5-4-6-20(11-19)29(31)32/h4-12H,13H2,1-3H3,(H,26,30)/b25-12-. The van der Waals surface area contributed by atoms with E-state index in [2.05, 4.69) is 10.5 Å². The van der Waals surface area contributed by atoms with E-state index in [-0.39, 0.29) is 11.4 Å². The number of rotatable bonds is 8. The number of aryl methyl sites for hydroxylation is 1. The monoisotopic (exact) mass is 537 g/mol. The lowest BCUT2D eigenvalue weighted by atomic mass is 10.2. The number of anilines is 1. The second-order valence-corrected chi connectivity index (χ2v) is 10.4. The Morgan fingerprint density at radius 3 is 2.43 bits per heavy atom. The van der Waals surface area contributed by atoms with E-state index in [0.29, 0.717) is 15.6 Å². The number of nitro benzene ring substituents is 1. The minimum absolute atomic E-state index is 0.00967. The number of sulfonamides is 1. The number of hydrazone groups is 1. The summed E-state index contributed by atoms with van der Waals surface area (Å²) in [7, 11) is -3.91. The van der Waals surface area contributed by atoms with Gasteiger partial charge in [-0.2, -0.15) is 5.10 Å².